The van der Waals surface area contributed by atoms with E-state index in [1.54, 1.807) is 28.2 Å². The highest BCUT2D eigenvalue weighted by Gasteiger charge is 2.24. The first-order valence-corrected chi connectivity index (χ1v) is 4.48. The second-order valence-electron chi connectivity index (χ2n) is 2.54. The molecule has 0 unspecified atom stereocenters. The molecule has 72 valence electrons. The second-order valence-corrected chi connectivity index (χ2v) is 5.11. The summed E-state index contributed by atoms with van der Waals surface area (Å²) in [5.41, 5.74) is -1.33. The van der Waals surface area contributed by atoms with Crippen LogP contribution in [0.1, 0.15) is 0 Å². The SMILES string of the molecule is CN(C)P(C(F)=C(F)F)N(C)C. The minimum Gasteiger partial charge on any atom is -0.270 e. The predicted octanol–water partition coefficient (Wildman–Crippen LogP) is 2.46. The van der Waals surface area contributed by atoms with E-state index in [1.165, 1.54) is 9.34 Å². The van der Waals surface area contributed by atoms with Gasteiger partial charge in [-0.3, -0.25) is 9.34 Å². The maximum absolute atomic E-state index is 12.8. The fraction of sp³-hybridized carbons (Fsp3) is 0.667. The van der Waals surface area contributed by atoms with E-state index in [0.29, 0.717) is 0 Å². The second kappa shape index (κ2) is 4.80. The van der Waals surface area contributed by atoms with Crippen LogP contribution in [0.4, 0.5) is 13.2 Å². The Labute approximate surface area is 71.5 Å². The van der Waals surface area contributed by atoms with Crippen molar-refractivity contribution in [1.82, 2.24) is 9.34 Å². The van der Waals surface area contributed by atoms with Gasteiger partial charge in [0.25, 0.3) is 0 Å². The molecule has 0 N–H and O–H groups in total. The average molecular weight is 200 g/mol. The minimum absolute atomic E-state index is 1.33. The van der Waals surface area contributed by atoms with Crippen LogP contribution < -0.4 is 0 Å². The maximum atomic E-state index is 12.8. The Balaban J connectivity index is 4.64. The lowest BCUT2D eigenvalue weighted by Gasteiger charge is -2.27. The van der Waals surface area contributed by atoms with Gasteiger partial charge >= 0.3 is 6.08 Å². The highest BCUT2D eigenvalue weighted by atomic mass is 31.1. The van der Waals surface area contributed by atoms with Gasteiger partial charge in [-0.05, 0) is 28.2 Å². The van der Waals surface area contributed by atoms with Gasteiger partial charge in [-0.15, -0.1) is 0 Å². The predicted molar refractivity (Wildman–Crippen MR) is 44.6 cm³/mol. The van der Waals surface area contributed by atoms with Crippen LogP contribution in [0.5, 0.6) is 0 Å². The van der Waals surface area contributed by atoms with E-state index in [-0.39, 0.29) is 0 Å². The normalized spacial score (nSPS) is 11.5. The summed E-state index contributed by atoms with van der Waals surface area (Å²) in [6.45, 7) is 0. The number of hydrogen-bond donors (Lipinski definition) is 0. The van der Waals surface area contributed by atoms with Crippen LogP contribution >= 0.6 is 8.22 Å². The van der Waals surface area contributed by atoms with Gasteiger partial charge in [0.1, 0.15) is 8.22 Å². The Kier molecular flexibility index (Phi) is 4.75. The summed E-state index contributed by atoms with van der Waals surface area (Å²) >= 11 is 0. The highest BCUT2D eigenvalue weighted by molar-refractivity contribution is 7.56. The van der Waals surface area contributed by atoms with Gasteiger partial charge in [0.05, 0.1) is 0 Å². The molecule has 0 radical (unpaired) electrons. The molecule has 0 amide bonds. The van der Waals surface area contributed by atoms with Crippen LogP contribution in [-0.4, -0.2) is 37.5 Å². The van der Waals surface area contributed by atoms with E-state index in [9.17, 15) is 13.2 Å². The number of hydrogen-bond acceptors (Lipinski definition) is 2. The summed E-state index contributed by atoms with van der Waals surface area (Å²) in [6.07, 6.45) is -2.23. The Morgan fingerprint density at radius 2 is 1.25 bits per heavy atom. The first-order chi connectivity index (χ1) is 5.37. The summed E-state index contributed by atoms with van der Waals surface area (Å²) in [5.74, 6) is 0. The molecule has 0 bridgehead atoms. The van der Waals surface area contributed by atoms with E-state index in [4.69, 9.17) is 0 Å². The van der Waals surface area contributed by atoms with Crippen molar-refractivity contribution in [2.75, 3.05) is 28.2 Å². The lowest BCUT2D eigenvalue weighted by Crippen LogP contribution is -2.17. The average Bonchev–Trinajstić information content (AvgIpc) is 1.85. The van der Waals surface area contributed by atoms with Crippen LogP contribution in [0, 0.1) is 0 Å². The van der Waals surface area contributed by atoms with E-state index in [0.717, 1.165) is 0 Å². The van der Waals surface area contributed by atoms with Gasteiger partial charge in [0.2, 0.25) is 5.57 Å². The van der Waals surface area contributed by atoms with Crippen molar-refractivity contribution < 1.29 is 13.2 Å². The third-order valence-corrected chi connectivity index (χ3v) is 3.13. The van der Waals surface area contributed by atoms with Gasteiger partial charge < -0.3 is 0 Å². The molecule has 0 aliphatic carbocycles. The molecule has 6 heteroatoms. The Bertz CT molecular complexity index is 170. The van der Waals surface area contributed by atoms with E-state index < -0.39 is 19.9 Å². The van der Waals surface area contributed by atoms with Crippen molar-refractivity contribution in [2.45, 2.75) is 0 Å². The maximum Gasteiger partial charge on any atom is 0.308 e. The smallest absolute Gasteiger partial charge is 0.270 e. The molecule has 0 aliphatic heterocycles. The largest absolute Gasteiger partial charge is 0.308 e. The quantitative estimate of drug-likeness (QED) is 0.645. The van der Waals surface area contributed by atoms with E-state index in [2.05, 4.69) is 0 Å². The standard InChI is InChI=1S/C6H12F3N2P/c1-10(2)12(11(3)4)6(9)5(7)8/h1-4H3. The lowest BCUT2D eigenvalue weighted by atomic mass is 11.1. The van der Waals surface area contributed by atoms with Gasteiger partial charge in [0.15, 0.2) is 0 Å². The van der Waals surface area contributed by atoms with Crippen LogP contribution in [-0.2, 0) is 0 Å². The first-order valence-electron chi connectivity index (χ1n) is 3.23. The van der Waals surface area contributed by atoms with Crippen LogP contribution in [0.3, 0.4) is 0 Å². The highest BCUT2D eigenvalue weighted by Crippen LogP contribution is 2.50. The van der Waals surface area contributed by atoms with Crippen LogP contribution in [0.15, 0.2) is 11.6 Å². The molecular weight excluding hydrogens is 188 g/mol. The van der Waals surface area contributed by atoms with Gasteiger partial charge in [-0.1, -0.05) is 0 Å². The summed E-state index contributed by atoms with van der Waals surface area (Å²) in [6, 6.07) is 0. The van der Waals surface area contributed by atoms with Crippen LogP contribution in [0.25, 0.3) is 0 Å². The number of halogens is 3. The van der Waals surface area contributed by atoms with Crippen molar-refractivity contribution in [3.63, 3.8) is 0 Å². The zero-order valence-electron chi connectivity index (χ0n) is 7.48. The molecular formula is C6H12F3N2P. The van der Waals surface area contributed by atoms with E-state index in [1.807, 2.05) is 0 Å². The van der Waals surface area contributed by atoms with Crippen molar-refractivity contribution in [3.05, 3.63) is 11.6 Å². The third kappa shape index (κ3) is 3.09. The monoisotopic (exact) mass is 200 g/mol. The molecule has 0 aromatic heterocycles. The topological polar surface area (TPSA) is 6.48 Å². The zero-order chi connectivity index (χ0) is 9.89. The van der Waals surface area contributed by atoms with Crippen molar-refractivity contribution in [2.24, 2.45) is 0 Å². The number of rotatable bonds is 3. The molecule has 0 spiro atoms. The molecule has 0 fully saturated rings. The molecule has 0 heterocycles. The van der Waals surface area contributed by atoms with Gasteiger partial charge in [0, 0.05) is 0 Å². The molecule has 2 nitrogen and oxygen atoms in total. The fourth-order valence-electron chi connectivity index (χ4n) is 0.785. The summed E-state index contributed by atoms with van der Waals surface area (Å²) < 4.78 is 39.4. The fourth-order valence-corrected chi connectivity index (χ4v) is 2.35. The Morgan fingerprint density at radius 3 is 1.33 bits per heavy atom. The molecule has 0 rings (SSSR count). The summed E-state index contributed by atoms with van der Waals surface area (Å²) in [7, 11) is 4.61. The Morgan fingerprint density at radius 1 is 0.917 bits per heavy atom. The molecule has 0 aliphatic rings. The van der Waals surface area contributed by atoms with Gasteiger partial charge in [-0.2, -0.15) is 13.2 Å². The molecule has 0 saturated carbocycles. The van der Waals surface area contributed by atoms with Crippen LogP contribution in [0.2, 0.25) is 0 Å². The molecule has 12 heavy (non-hydrogen) atoms. The number of nitrogens with zero attached hydrogens (tertiary/aromatic N) is 2. The molecule has 0 saturated heterocycles. The van der Waals surface area contributed by atoms with Gasteiger partial charge in [-0.25, -0.2) is 0 Å². The summed E-state index contributed by atoms with van der Waals surface area (Å²) in [4.78, 5) is 0. The van der Waals surface area contributed by atoms with E-state index >= 15 is 0 Å². The Hall–Kier alpha value is -0.120. The molecule has 0 atom stereocenters. The first kappa shape index (κ1) is 11.9. The molecule has 0 aromatic carbocycles. The van der Waals surface area contributed by atoms with Crippen molar-refractivity contribution in [1.29, 1.82) is 0 Å². The molecule has 0 aromatic rings. The zero-order valence-corrected chi connectivity index (χ0v) is 8.37. The lowest BCUT2D eigenvalue weighted by molar-refractivity contribution is 0.388. The summed E-state index contributed by atoms with van der Waals surface area (Å²) in [5, 5.41) is 0. The third-order valence-electron chi connectivity index (χ3n) is 1.09. The minimum atomic E-state index is -2.23. The van der Waals surface area contributed by atoms with Crippen molar-refractivity contribution >= 4 is 8.22 Å². The van der Waals surface area contributed by atoms with Crippen molar-refractivity contribution in [3.8, 4) is 0 Å².